The van der Waals surface area contributed by atoms with Crippen molar-refractivity contribution >= 4 is 11.9 Å². The van der Waals surface area contributed by atoms with Gasteiger partial charge in [-0.15, -0.1) is 0 Å². The van der Waals surface area contributed by atoms with Crippen molar-refractivity contribution < 1.29 is 24.5 Å². The van der Waals surface area contributed by atoms with Crippen LogP contribution in [0.5, 0.6) is 0 Å². The lowest BCUT2D eigenvalue weighted by atomic mass is 10.0. The number of amides is 1. The van der Waals surface area contributed by atoms with E-state index in [4.69, 9.17) is 4.74 Å². The van der Waals surface area contributed by atoms with Crippen molar-refractivity contribution in [3.8, 4) is 0 Å². The molecule has 0 radical (unpaired) electrons. The molecule has 3 N–H and O–H groups in total. The van der Waals surface area contributed by atoms with Gasteiger partial charge in [0, 0.05) is 12.8 Å². The number of rotatable bonds is 50. The number of carbonyl (C=O) groups excluding carboxylic acids is 2. The summed E-state index contributed by atoms with van der Waals surface area (Å²) in [5, 5.41) is 23.2. The predicted molar refractivity (Wildman–Crippen MR) is 260 cm³/mol. The lowest BCUT2D eigenvalue weighted by Crippen LogP contribution is -2.45. The van der Waals surface area contributed by atoms with Gasteiger partial charge in [-0.25, -0.2) is 0 Å². The first-order valence-electron chi connectivity index (χ1n) is 26.9. The van der Waals surface area contributed by atoms with E-state index in [0.29, 0.717) is 25.9 Å². The number of nitrogens with one attached hydrogen (secondary N) is 1. The van der Waals surface area contributed by atoms with E-state index in [1.165, 1.54) is 205 Å². The molecule has 0 saturated heterocycles. The topological polar surface area (TPSA) is 95.9 Å². The molecule has 0 aliphatic heterocycles. The van der Waals surface area contributed by atoms with Crippen LogP contribution in [0.25, 0.3) is 0 Å². The molecule has 0 aromatic rings. The van der Waals surface area contributed by atoms with Crippen molar-refractivity contribution in [1.29, 1.82) is 0 Å². The summed E-state index contributed by atoms with van der Waals surface area (Å²) in [5.74, 6) is -0.0596. The fourth-order valence-corrected chi connectivity index (χ4v) is 8.40. The SMILES string of the molecule is CCCCCCCC/C=C\CCCCCCCCCCCC(=O)OCCCCCCCCCCCCCCC(=O)NC(CO)C(O)CCCCCCCCCCCCCC. The number of hydrogen-bond donors (Lipinski definition) is 3. The van der Waals surface area contributed by atoms with Crippen LogP contribution in [-0.4, -0.2) is 47.4 Å². The zero-order valence-electron chi connectivity index (χ0n) is 40.5. The minimum Gasteiger partial charge on any atom is -0.466 e. The van der Waals surface area contributed by atoms with Crippen LogP contribution >= 0.6 is 0 Å². The van der Waals surface area contributed by atoms with Gasteiger partial charge in [-0.2, -0.15) is 0 Å². The van der Waals surface area contributed by atoms with Gasteiger partial charge in [-0.3, -0.25) is 9.59 Å². The average Bonchev–Trinajstić information content (AvgIpc) is 3.25. The Balaban J connectivity index is 3.42. The van der Waals surface area contributed by atoms with Crippen LogP contribution in [0, 0.1) is 0 Å². The molecule has 2 unspecified atom stereocenters. The van der Waals surface area contributed by atoms with Gasteiger partial charge in [-0.05, 0) is 51.4 Å². The lowest BCUT2D eigenvalue weighted by Gasteiger charge is -2.22. The second-order valence-electron chi connectivity index (χ2n) is 18.6. The Kier molecular flexibility index (Phi) is 49.1. The molecule has 0 fully saturated rings. The van der Waals surface area contributed by atoms with Crippen LogP contribution in [0.3, 0.4) is 0 Å². The molecule has 0 heterocycles. The minimum atomic E-state index is -0.673. The highest BCUT2D eigenvalue weighted by molar-refractivity contribution is 5.76. The van der Waals surface area contributed by atoms with Crippen molar-refractivity contribution in [3.05, 3.63) is 12.2 Å². The monoisotopic (exact) mass is 848 g/mol. The molecule has 1 amide bonds. The van der Waals surface area contributed by atoms with Crippen molar-refractivity contribution in [2.24, 2.45) is 0 Å². The van der Waals surface area contributed by atoms with Gasteiger partial charge >= 0.3 is 5.97 Å². The predicted octanol–water partition coefficient (Wildman–Crippen LogP) is 16.1. The fourth-order valence-electron chi connectivity index (χ4n) is 8.40. The van der Waals surface area contributed by atoms with Gasteiger partial charge in [0.25, 0.3) is 0 Å². The number of hydrogen-bond acceptors (Lipinski definition) is 5. The van der Waals surface area contributed by atoms with E-state index < -0.39 is 12.1 Å². The normalized spacial score (nSPS) is 12.7. The molecular formula is C54H105NO5. The molecule has 0 aromatic heterocycles. The maximum absolute atomic E-state index is 12.4. The summed E-state index contributed by atoms with van der Waals surface area (Å²) in [6.45, 7) is 4.92. The molecule has 0 aliphatic carbocycles. The third-order valence-electron chi connectivity index (χ3n) is 12.6. The summed E-state index contributed by atoms with van der Waals surface area (Å²) in [6, 6.07) is -0.551. The van der Waals surface area contributed by atoms with Gasteiger partial charge in [0.2, 0.25) is 5.91 Å². The standard InChI is InChI=1S/C54H105NO5/c1-3-5-7-9-11-13-15-17-18-19-20-21-22-23-28-32-36-40-44-48-54(59)60-49-45-41-37-33-29-25-24-27-31-35-39-43-47-53(58)55-51(50-56)52(57)46-42-38-34-30-26-16-14-12-10-8-6-4-2/h17-18,51-52,56-57H,3-16,19-50H2,1-2H3,(H,55,58)/b18-17-. The van der Waals surface area contributed by atoms with E-state index in [-0.39, 0.29) is 18.5 Å². The molecule has 60 heavy (non-hydrogen) atoms. The van der Waals surface area contributed by atoms with Crippen molar-refractivity contribution in [3.63, 3.8) is 0 Å². The Morgan fingerprint density at radius 3 is 1.18 bits per heavy atom. The van der Waals surface area contributed by atoms with E-state index in [9.17, 15) is 19.8 Å². The molecular weight excluding hydrogens is 743 g/mol. The Bertz CT molecular complexity index is 893. The molecule has 356 valence electrons. The van der Waals surface area contributed by atoms with E-state index in [1.54, 1.807) is 0 Å². The van der Waals surface area contributed by atoms with Gasteiger partial charge in [0.15, 0.2) is 0 Å². The first-order valence-corrected chi connectivity index (χ1v) is 26.9. The molecule has 2 atom stereocenters. The highest BCUT2D eigenvalue weighted by Gasteiger charge is 2.20. The van der Waals surface area contributed by atoms with Crippen molar-refractivity contribution in [1.82, 2.24) is 5.32 Å². The van der Waals surface area contributed by atoms with Crippen LogP contribution in [0.4, 0.5) is 0 Å². The second kappa shape index (κ2) is 50.2. The van der Waals surface area contributed by atoms with E-state index in [1.807, 2.05) is 0 Å². The van der Waals surface area contributed by atoms with Crippen molar-refractivity contribution in [2.45, 2.75) is 309 Å². The summed E-state index contributed by atoms with van der Waals surface area (Å²) in [6.07, 6.45) is 57.6. The number of carbonyl (C=O) groups is 2. The smallest absolute Gasteiger partial charge is 0.305 e. The minimum absolute atomic E-state index is 0.00938. The first-order chi connectivity index (χ1) is 29.5. The van der Waals surface area contributed by atoms with Crippen LogP contribution in [0.2, 0.25) is 0 Å². The Morgan fingerprint density at radius 2 is 0.783 bits per heavy atom. The third kappa shape index (κ3) is 46.1. The quantitative estimate of drug-likeness (QED) is 0.0322. The molecule has 0 aliphatic rings. The fraction of sp³-hybridized carbons (Fsp3) is 0.926. The molecule has 0 aromatic carbocycles. The summed E-state index contributed by atoms with van der Waals surface area (Å²) >= 11 is 0. The van der Waals surface area contributed by atoms with E-state index in [2.05, 4.69) is 31.3 Å². The Hall–Kier alpha value is -1.40. The summed E-state index contributed by atoms with van der Waals surface area (Å²) in [4.78, 5) is 24.5. The third-order valence-corrected chi connectivity index (χ3v) is 12.6. The molecule has 0 saturated carbocycles. The lowest BCUT2D eigenvalue weighted by molar-refractivity contribution is -0.143. The number of esters is 1. The Morgan fingerprint density at radius 1 is 0.450 bits per heavy atom. The Labute approximate surface area is 374 Å². The van der Waals surface area contributed by atoms with Crippen LogP contribution in [0.1, 0.15) is 296 Å². The first kappa shape index (κ1) is 58.6. The molecule has 0 rings (SSSR count). The number of unbranched alkanes of at least 4 members (excludes halogenated alkanes) is 37. The maximum Gasteiger partial charge on any atom is 0.305 e. The van der Waals surface area contributed by atoms with E-state index in [0.717, 1.165) is 57.8 Å². The second-order valence-corrected chi connectivity index (χ2v) is 18.6. The number of allylic oxidation sites excluding steroid dienone is 2. The summed E-state index contributed by atoms with van der Waals surface area (Å²) < 4.78 is 5.48. The molecule has 0 spiro atoms. The summed E-state index contributed by atoms with van der Waals surface area (Å²) in [7, 11) is 0. The maximum atomic E-state index is 12.4. The highest BCUT2D eigenvalue weighted by atomic mass is 16.5. The zero-order chi connectivity index (χ0) is 43.7. The van der Waals surface area contributed by atoms with Crippen molar-refractivity contribution in [2.75, 3.05) is 13.2 Å². The van der Waals surface area contributed by atoms with Gasteiger partial charge in [0.05, 0.1) is 25.4 Å². The molecule has 0 bridgehead atoms. The number of aliphatic hydroxyl groups excluding tert-OH is 2. The van der Waals surface area contributed by atoms with Gasteiger partial charge in [-0.1, -0.05) is 244 Å². The van der Waals surface area contributed by atoms with Gasteiger partial charge < -0.3 is 20.3 Å². The van der Waals surface area contributed by atoms with Crippen LogP contribution in [0.15, 0.2) is 12.2 Å². The number of aliphatic hydroxyl groups is 2. The van der Waals surface area contributed by atoms with E-state index >= 15 is 0 Å². The average molecular weight is 848 g/mol. The zero-order valence-corrected chi connectivity index (χ0v) is 40.5. The largest absolute Gasteiger partial charge is 0.466 e. The van der Waals surface area contributed by atoms with Crippen LogP contribution < -0.4 is 5.32 Å². The highest BCUT2D eigenvalue weighted by Crippen LogP contribution is 2.17. The van der Waals surface area contributed by atoms with Gasteiger partial charge in [0.1, 0.15) is 0 Å². The summed E-state index contributed by atoms with van der Waals surface area (Å²) in [5.41, 5.74) is 0. The number of ether oxygens (including phenoxy) is 1. The van der Waals surface area contributed by atoms with Crippen LogP contribution in [-0.2, 0) is 14.3 Å². The molecule has 6 heteroatoms. The molecule has 6 nitrogen and oxygen atoms in total.